The highest BCUT2D eigenvalue weighted by molar-refractivity contribution is 9.10. The molecular weight excluding hydrogens is 292 g/mol. The number of pyridine rings is 1. The fourth-order valence-corrected chi connectivity index (χ4v) is 2.41. The van der Waals surface area contributed by atoms with Gasteiger partial charge in [-0.2, -0.15) is 0 Å². The maximum atomic E-state index is 6.21. The molecule has 0 amide bonds. The lowest BCUT2D eigenvalue weighted by atomic mass is 10.0. The van der Waals surface area contributed by atoms with Crippen LogP contribution in [0.2, 0.25) is 0 Å². The lowest BCUT2D eigenvalue weighted by Gasteiger charge is -2.10. The van der Waals surface area contributed by atoms with Gasteiger partial charge in [0.05, 0.1) is 22.3 Å². The fourth-order valence-electron chi connectivity index (χ4n) is 1.97. The molecule has 0 bridgehead atoms. The van der Waals surface area contributed by atoms with Crippen LogP contribution in [-0.4, -0.2) is 4.98 Å². The molecule has 2 N–H and O–H groups in total. The van der Waals surface area contributed by atoms with E-state index in [1.165, 1.54) is 0 Å². The summed E-state index contributed by atoms with van der Waals surface area (Å²) in [6.07, 6.45) is 3.41. The molecule has 0 saturated heterocycles. The van der Waals surface area contributed by atoms with Gasteiger partial charge >= 0.3 is 0 Å². The van der Waals surface area contributed by atoms with Gasteiger partial charge < -0.3 is 10.2 Å². The van der Waals surface area contributed by atoms with E-state index < -0.39 is 0 Å². The van der Waals surface area contributed by atoms with Crippen molar-refractivity contribution >= 4 is 26.8 Å². The second-order valence-electron chi connectivity index (χ2n) is 4.07. The van der Waals surface area contributed by atoms with Crippen LogP contribution < -0.4 is 5.73 Å². The largest absolute Gasteiger partial charge is 0.466 e. The van der Waals surface area contributed by atoms with Crippen molar-refractivity contribution in [2.24, 2.45) is 5.73 Å². The van der Waals surface area contributed by atoms with E-state index in [-0.39, 0.29) is 6.04 Å². The molecule has 1 atom stereocenters. The van der Waals surface area contributed by atoms with Gasteiger partial charge in [0.2, 0.25) is 0 Å². The molecule has 18 heavy (non-hydrogen) atoms. The Balaban J connectivity index is 2.07. The molecule has 3 aromatic rings. The number of rotatable bonds is 2. The quantitative estimate of drug-likeness (QED) is 0.786. The highest BCUT2D eigenvalue weighted by Gasteiger charge is 2.15. The normalized spacial score (nSPS) is 12.8. The number of nitrogens with zero attached hydrogens (tertiary/aromatic N) is 1. The molecule has 90 valence electrons. The van der Waals surface area contributed by atoms with E-state index in [0.717, 1.165) is 26.7 Å². The summed E-state index contributed by atoms with van der Waals surface area (Å²) in [5, 5.41) is 1.08. The van der Waals surface area contributed by atoms with E-state index in [1.54, 1.807) is 12.5 Å². The van der Waals surface area contributed by atoms with Gasteiger partial charge in [-0.15, -0.1) is 0 Å². The lowest BCUT2D eigenvalue weighted by molar-refractivity contribution is 0.487. The van der Waals surface area contributed by atoms with Crippen LogP contribution in [0.5, 0.6) is 0 Å². The van der Waals surface area contributed by atoms with E-state index in [4.69, 9.17) is 10.2 Å². The van der Waals surface area contributed by atoms with Gasteiger partial charge in [0.25, 0.3) is 0 Å². The third-order valence-electron chi connectivity index (χ3n) is 2.91. The van der Waals surface area contributed by atoms with Gasteiger partial charge in [-0.1, -0.05) is 12.1 Å². The minimum Gasteiger partial charge on any atom is -0.466 e. The Hall–Kier alpha value is -1.65. The number of hydrogen-bond acceptors (Lipinski definition) is 3. The van der Waals surface area contributed by atoms with Gasteiger partial charge in [0.1, 0.15) is 5.76 Å². The second kappa shape index (κ2) is 4.55. The summed E-state index contributed by atoms with van der Waals surface area (Å²) in [5.41, 5.74) is 8.18. The van der Waals surface area contributed by atoms with Crippen molar-refractivity contribution in [1.82, 2.24) is 4.98 Å². The summed E-state index contributed by atoms with van der Waals surface area (Å²) < 4.78 is 6.30. The number of nitrogens with two attached hydrogens (primary N) is 1. The molecule has 4 heteroatoms. The Labute approximate surface area is 113 Å². The monoisotopic (exact) mass is 302 g/mol. The minimum atomic E-state index is -0.279. The molecule has 0 aliphatic rings. The molecule has 0 saturated carbocycles. The Kier molecular flexibility index (Phi) is 2.89. The smallest absolute Gasteiger partial charge is 0.139 e. The highest BCUT2D eigenvalue weighted by Crippen LogP contribution is 2.28. The fraction of sp³-hybridized carbons (Fsp3) is 0.0714. The molecule has 0 aliphatic carbocycles. The number of benzene rings is 1. The Morgan fingerprint density at radius 3 is 2.89 bits per heavy atom. The summed E-state index contributed by atoms with van der Waals surface area (Å²) in [6.45, 7) is 0. The minimum absolute atomic E-state index is 0.279. The van der Waals surface area contributed by atoms with Crippen LogP contribution in [0.15, 0.2) is 57.7 Å². The molecule has 2 heterocycles. The van der Waals surface area contributed by atoms with Crippen LogP contribution in [0.25, 0.3) is 10.9 Å². The first kappa shape index (κ1) is 11.4. The van der Waals surface area contributed by atoms with Gasteiger partial charge in [-0.05, 0) is 45.8 Å². The van der Waals surface area contributed by atoms with Crippen LogP contribution in [0, 0.1) is 0 Å². The first-order valence-corrected chi connectivity index (χ1v) is 6.38. The summed E-state index contributed by atoms with van der Waals surface area (Å²) in [7, 11) is 0. The van der Waals surface area contributed by atoms with Crippen molar-refractivity contribution in [3.05, 3.63) is 64.7 Å². The van der Waals surface area contributed by atoms with Crippen LogP contribution in [0.3, 0.4) is 0 Å². The molecule has 0 fully saturated rings. The van der Waals surface area contributed by atoms with Crippen molar-refractivity contribution in [2.45, 2.75) is 6.04 Å². The maximum absolute atomic E-state index is 6.21. The zero-order valence-corrected chi connectivity index (χ0v) is 11.1. The first-order chi connectivity index (χ1) is 8.75. The number of fused-ring (bicyclic) bond motifs is 1. The molecule has 0 aliphatic heterocycles. The predicted molar refractivity (Wildman–Crippen MR) is 74.2 cm³/mol. The standard InChI is InChI=1S/C14H11BrN2O/c15-11-5-7-18-14(11)13(16)10-3-4-12-9(8-10)2-1-6-17-12/h1-8,13H,16H2. The summed E-state index contributed by atoms with van der Waals surface area (Å²) in [6, 6.07) is 11.5. The second-order valence-corrected chi connectivity index (χ2v) is 4.92. The topological polar surface area (TPSA) is 52.0 Å². The van der Waals surface area contributed by atoms with Crippen molar-refractivity contribution in [3.8, 4) is 0 Å². The number of hydrogen-bond donors (Lipinski definition) is 1. The molecule has 1 unspecified atom stereocenters. The van der Waals surface area contributed by atoms with E-state index in [2.05, 4.69) is 20.9 Å². The highest BCUT2D eigenvalue weighted by atomic mass is 79.9. The predicted octanol–water partition coefficient (Wildman–Crippen LogP) is 3.64. The maximum Gasteiger partial charge on any atom is 0.139 e. The number of furan rings is 1. The zero-order valence-electron chi connectivity index (χ0n) is 9.51. The van der Waals surface area contributed by atoms with Crippen LogP contribution in [0.1, 0.15) is 17.4 Å². The average Bonchev–Trinajstić information content (AvgIpc) is 2.83. The van der Waals surface area contributed by atoms with Crippen molar-refractivity contribution < 1.29 is 4.42 Å². The number of aromatic nitrogens is 1. The Bertz CT molecular complexity index is 693. The zero-order chi connectivity index (χ0) is 12.5. The molecule has 2 aromatic heterocycles. The van der Waals surface area contributed by atoms with E-state index in [9.17, 15) is 0 Å². The van der Waals surface area contributed by atoms with Gasteiger partial charge in [0, 0.05) is 11.6 Å². The Morgan fingerprint density at radius 1 is 1.22 bits per heavy atom. The molecule has 0 radical (unpaired) electrons. The van der Waals surface area contributed by atoms with E-state index >= 15 is 0 Å². The Morgan fingerprint density at radius 2 is 2.11 bits per heavy atom. The van der Waals surface area contributed by atoms with E-state index in [1.807, 2.05) is 36.4 Å². The van der Waals surface area contributed by atoms with Gasteiger partial charge in [-0.25, -0.2) is 0 Å². The molecule has 3 rings (SSSR count). The molecule has 1 aromatic carbocycles. The molecule has 3 nitrogen and oxygen atoms in total. The molecular formula is C14H11BrN2O. The summed E-state index contributed by atoms with van der Waals surface area (Å²) in [5.74, 6) is 0.734. The first-order valence-electron chi connectivity index (χ1n) is 5.59. The third kappa shape index (κ3) is 1.94. The average molecular weight is 303 g/mol. The van der Waals surface area contributed by atoms with Gasteiger partial charge in [0.15, 0.2) is 0 Å². The van der Waals surface area contributed by atoms with Crippen molar-refractivity contribution in [1.29, 1.82) is 0 Å². The van der Waals surface area contributed by atoms with E-state index in [0.29, 0.717) is 0 Å². The van der Waals surface area contributed by atoms with Crippen LogP contribution in [-0.2, 0) is 0 Å². The van der Waals surface area contributed by atoms with Crippen LogP contribution >= 0.6 is 15.9 Å². The van der Waals surface area contributed by atoms with Crippen LogP contribution in [0.4, 0.5) is 0 Å². The van der Waals surface area contributed by atoms with Gasteiger partial charge in [-0.3, -0.25) is 4.98 Å². The summed E-state index contributed by atoms with van der Waals surface area (Å²) in [4.78, 5) is 4.29. The summed E-state index contributed by atoms with van der Waals surface area (Å²) >= 11 is 3.43. The lowest BCUT2D eigenvalue weighted by Crippen LogP contribution is -2.11. The SMILES string of the molecule is NC(c1ccc2ncccc2c1)c1occc1Br. The molecule has 0 spiro atoms. The van der Waals surface area contributed by atoms with Crippen molar-refractivity contribution in [3.63, 3.8) is 0 Å². The number of halogens is 1. The third-order valence-corrected chi connectivity index (χ3v) is 3.57. The van der Waals surface area contributed by atoms with Crippen molar-refractivity contribution in [2.75, 3.05) is 0 Å².